The second-order valence-corrected chi connectivity index (χ2v) is 2.78. The van der Waals surface area contributed by atoms with Crippen LogP contribution in [0.25, 0.3) is 0 Å². The van der Waals surface area contributed by atoms with Crippen LogP contribution in [0.15, 0.2) is 6.20 Å². The molecule has 1 rings (SSSR count). The predicted molar refractivity (Wildman–Crippen MR) is 41.7 cm³/mol. The Morgan fingerprint density at radius 1 is 1.38 bits per heavy atom. The standard InChI is InChI=1S/C7H4BrF4N/c8-1-3-4(9)2-13-6(5(3)10)7(11)12/h2,7H,1H2. The minimum Gasteiger partial charge on any atom is -0.249 e. The molecule has 0 N–H and O–H groups in total. The van der Waals surface area contributed by atoms with Crippen LogP contribution in [0.4, 0.5) is 17.6 Å². The molecule has 0 saturated carbocycles. The maximum Gasteiger partial charge on any atom is 0.283 e. The number of rotatable bonds is 2. The van der Waals surface area contributed by atoms with E-state index in [9.17, 15) is 17.6 Å². The van der Waals surface area contributed by atoms with Crippen molar-refractivity contribution in [2.45, 2.75) is 11.8 Å². The maximum atomic E-state index is 13.0. The topological polar surface area (TPSA) is 12.9 Å². The van der Waals surface area contributed by atoms with Gasteiger partial charge in [0.05, 0.1) is 6.20 Å². The zero-order chi connectivity index (χ0) is 10.0. The highest BCUT2D eigenvalue weighted by Gasteiger charge is 2.20. The summed E-state index contributed by atoms with van der Waals surface area (Å²) in [6, 6.07) is 0. The van der Waals surface area contributed by atoms with E-state index in [0.29, 0.717) is 6.20 Å². The molecule has 72 valence electrons. The molecule has 1 nitrogen and oxygen atoms in total. The van der Waals surface area contributed by atoms with Crippen LogP contribution >= 0.6 is 15.9 Å². The van der Waals surface area contributed by atoms with Crippen molar-refractivity contribution < 1.29 is 17.6 Å². The van der Waals surface area contributed by atoms with Crippen molar-refractivity contribution in [3.8, 4) is 0 Å². The fraction of sp³-hybridized carbons (Fsp3) is 0.286. The number of hydrogen-bond acceptors (Lipinski definition) is 1. The third-order valence-electron chi connectivity index (χ3n) is 1.44. The fourth-order valence-electron chi connectivity index (χ4n) is 0.795. The highest BCUT2D eigenvalue weighted by molar-refractivity contribution is 9.08. The van der Waals surface area contributed by atoms with E-state index in [0.717, 1.165) is 0 Å². The smallest absolute Gasteiger partial charge is 0.249 e. The van der Waals surface area contributed by atoms with E-state index in [1.54, 1.807) is 0 Å². The largest absolute Gasteiger partial charge is 0.283 e. The van der Waals surface area contributed by atoms with Crippen LogP contribution in [0.3, 0.4) is 0 Å². The number of nitrogens with zero attached hydrogens (tertiary/aromatic N) is 1. The minimum absolute atomic E-state index is 0.160. The second-order valence-electron chi connectivity index (χ2n) is 2.22. The van der Waals surface area contributed by atoms with Crippen molar-refractivity contribution in [2.75, 3.05) is 0 Å². The Morgan fingerprint density at radius 3 is 2.46 bits per heavy atom. The van der Waals surface area contributed by atoms with Crippen molar-refractivity contribution in [2.24, 2.45) is 0 Å². The SMILES string of the molecule is Fc1cnc(C(F)F)c(F)c1CBr. The lowest BCUT2D eigenvalue weighted by atomic mass is 10.2. The summed E-state index contributed by atoms with van der Waals surface area (Å²) >= 11 is 2.79. The van der Waals surface area contributed by atoms with Gasteiger partial charge in [-0.1, -0.05) is 15.9 Å². The van der Waals surface area contributed by atoms with Crippen LogP contribution in [0.2, 0.25) is 0 Å². The fourth-order valence-corrected chi connectivity index (χ4v) is 1.31. The molecular weight excluding hydrogens is 254 g/mol. The third-order valence-corrected chi connectivity index (χ3v) is 2.00. The van der Waals surface area contributed by atoms with E-state index >= 15 is 0 Å². The predicted octanol–water partition coefficient (Wildman–Crippen LogP) is 3.19. The van der Waals surface area contributed by atoms with E-state index in [1.165, 1.54) is 0 Å². The highest BCUT2D eigenvalue weighted by atomic mass is 79.9. The molecule has 0 aliphatic heterocycles. The normalized spacial score (nSPS) is 10.9. The summed E-state index contributed by atoms with van der Waals surface area (Å²) in [6.07, 6.45) is -2.44. The first-order valence-corrected chi connectivity index (χ1v) is 4.37. The number of aromatic nitrogens is 1. The summed E-state index contributed by atoms with van der Waals surface area (Å²) in [7, 11) is 0. The Kier molecular flexibility index (Phi) is 3.24. The van der Waals surface area contributed by atoms with Gasteiger partial charge in [-0.2, -0.15) is 0 Å². The molecule has 1 aromatic rings. The van der Waals surface area contributed by atoms with Gasteiger partial charge in [0, 0.05) is 10.9 Å². The minimum atomic E-state index is -3.03. The first-order chi connectivity index (χ1) is 6.07. The average molecular weight is 258 g/mol. The molecule has 0 aliphatic carbocycles. The summed E-state index contributed by atoms with van der Waals surface area (Å²) in [6.45, 7) is 0. The van der Waals surface area contributed by atoms with Gasteiger partial charge in [0.1, 0.15) is 11.5 Å². The molecule has 0 unspecified atom stereocenters. The Bertz CT molecular complexity index is 316. The third kappa shape index (κ3) is 1.99. The molecule has 0 aromatic carbocycles. The molecule has 0 spiro atoms. The lowest BCUT2D eigenvalue weighted by molar-refractivity contribution is 0.140. The summed E-state index contributed by atoms with van der Waals surface area (Å²) in [5, 5.41) is -0.160. The Labute approximate surface area is 79.9 Å². The van der Waals surface area contributed by atoms with Crippen molar-refractivity contribution in [3.05, 3.63) is 29.1 Å². The van der Waals surface area contributed by atoms with Gasteiger partial charge in [-0.25, -0.2) is 22.5 Å². The maximum absolute atomic E-state index is 13.0. The summed E-state index contributed by atoms with van der Waals surface area (Å²) < 4.78 is 49.8. The monoisotopic (exact) mass is 257 g/mol. The molecular formula is C7H4BrF4N. The molecule has 13 heavy (non-hydrogen) atoms. The Balaban J connectivity index is 3.27. The van der Waals surface area contributed by atoms with E-state index in [-0.39, 0.29) is 5.33 Å². The van der Waals surface area contributed by atoms with Crippen LogP contribution in [0, 0.1) is 11.6 Å². The molecule has 1 heterocycles. The average Bonchev–Trinajstić information content (AvgIpc) is 2.04. The van der Waals surface area contributed by atoms with Crippen LogP contribution in [0.1, 0.15) is 17.7 Å². The zero-order valence-corrected chi connectivity index (χ0v) is 7.78. The van der Waals surface area contributed by atoms with Gasteiger partial charge in [-0.3, -0.25) is 0 Å². The van der Waals surface area contributed by atoms with Crippen molar-refractivity contribution >= 4 is 15.9 Å². The van der Waals surface area contributed by atoms with E-state index in [1.807, 2.05) is 0 Å². The van der Waals surface area contributed by atoms with Crippen LogP contribution in [-0.4, -0.2) is 4.98 Å². The van der Waals surface area contributed by atoms with Crippen molar-refractivity contribution in [1.82, 2.24) is 4.98 Å². The van der Waals surface area contributed by atoms with Crippen molar-refractivity contribution in [3.63, 3.8) is 0 Å². The summed E-state index contributed by atoms with van der Waals surface area (Å²) in [5.41, 5.74) is -1.44. The number of hydrogen-bond donors (Lipinski definition) is 0. The van der Waals surface area contributed by atoms with Crippen molar-refractivity contribution in [1.29, 1.82) is 0 Å². The van der Waals surface area contributed by atoms with E-state index in [2.05, 4.69) is 20.9 Å². The Morgan fingerprint density at radius 2 is 2.00 bits per heavy atom. The highest BCUT2D eigenvalue weighted by Crippen LogP contribution is 2.24. The lowest BCUT2D eigenvalue weighted by Gasteiger charge is -2.04. The van der Waals surface area contributed by atoms with Gasteiger partial charge in [0.2, 0.25) is 0 Å². The molecule has 0 atom stereocenters. The lowest BCUT2D eigenvalue weighted by Crippen LogP contribution is -2.02. The molecule has 0 aliphatic rings. The quantitative estimate of drug-likeness (QED) is 0.586. The van der Waals surface area contributed by atoms with E-state index in [4.69, 9.17) is 0 Å². The van der Waals surface area contributed by atoms with Gasteiger partial charge in [0.15, 0.2) is 5.82 Å². The van der Waals surface area contributed by atoms with Gasteiger partial charge in [-0.15, -0.1) is 0 Å². The van der Waals surface area contributed by atoms with Crippen LogP contribution < -0.4 is 0 Å². The first kappa shape index (κ1) is 10.4. The first-order valence-electron chi connectivity index (χ1n) is 3.24. The summed E-state index contributed by atoms with van der Waals surface area (Å²) in [5.74, 6) is -2.22. The van der Waals surface area contributed by atoms with Gasteiger partial charge < -0.3 is 0 Å². The van der Waals surface area contributed by atoms with Gasteiger partial charge in [-0.05, 0) is 0 Å². The van der Waals surface area contributed by atoms with E-state index < -0.39 is 29.3 Å². The Hall–Kier alpha value is -0.650. The molecule has 0 amide bonds. The molecule has 0 radical (unpaired) electrons. The molecule has 6 heteroatoms. The summed E-state index contributed by atoms with van der Waals surface area (Å²) in [4.78, 5) is 2.97. The number of pyridine rings is 1. The number of alkyl halides is 3. The number of halogens is 5. The van der Waals surface area contributed by atoms with Gasteiger partial charge in [0.25, 0.3) is 6.43 Å². The van der Waals surface area contributed by atoms with Crippen LogP contribution in [-0.2, 0) is 5.33 Å². The molecule has 0 fully saturated rings. The second kappa shape index (κ2) is 4.04. The molecule has 1 aromatic heterocycles. The molecule has 0 bridgehead atoms. The molecule has 0 saturated heterocycles. The zero-order valence-electron chi connectivity index (χ0n) is 6.20. The van der Waals surface area contributed by atoms with Crippen LogP contribution in [0.5, 0.6) is 0 Å². The van der Waals surface area contributed by atoms with Gasteiger partial charge >= 0.3 is 0 Å².